The maximum Gasteiger partial charge on any atom is 0.102 e. The van der Waals surface area contributed by atoms with Crippen LogP contribution in [0.2, 0.25) is 0 Å². The van der Waals surface area contributed by atoms with Gasteiger partial charge in [0.1, 0.15) is 13.1 Å². The van der Waals surface area contributed by atoms with Gasteiger partial charge in [0.2, 0.25) is 0 Å². The van der Waals surface area contributed by atoms with E-state index in [4.69, 9.17) is 4.74 Å². The molecule has 0 amide bonds. The Balaban J connectivity index is 2.01. The third-order valence-corrected chi connectivity index (χ3v) is 5.39. The van der Waals surface area contributed by atoms with E-state index in [-0.39, 0.29) is 0 Å². The van der Waals surface area contributed by atoms with Crippen LogP contribution in [0.1, 0.15) is 90.9 Å². The van der Waals surface area contributed by atoms with Gasteiger partial charge in [0.05, 0.1) is 26.3 Å². The van der Waals surface area contributed by atoms with E-state index in [2.05, 4.69) is 13.8 Å². The molecule has 1 saturated heterocycles. The van der Waals surface area contributed by atoms with Gasteiger partial charge in [0.25, 0.3) is 0 Å². The van der Waals surface area contributed by atoms with Crippen molar-refractivity contribution >= 4 is 0 Å². The van der Waals surface area contributed by atoms with Crippen LogP contribution >= 0.6 is 0 Å². The lowest BCUT2D eigenvalue weighted by Gasteiger charge is -2.41. The van der Waals surface area contributed by atoms with E-state index in [0.717, 1.165) is 13.2 Å². The van der Waals surface area contributed by atoms with E-state index in [1.54, 1.807) is 0 Å². The van der Waals surface area contributed by atoms with Gasteiger partial charge in [-0.15, -0.1) is 0 Å². The summed E-state index contributed by atoms with van der Waals surface area (Å²) in [6.45, 7) is 11.9. The van der Waals surface area contributed by atoms with Crippen LogP contribution in [0.15, 0.2) is 0 Å². The minimum atomic E-state index is 0.988. The zero-order chi connectivity index (χ0) is 15.9. The minimum absolute atomic E-state index is 0.988. The Morgan fingerprint density at radius 2 is 1.05 bits per heavy atom. The predicted octanol–water partition coefficient (Wildman–Crippen LogP) is 5.55. The molecule has 0 aromatic rings. The fourth-order valence-electron chi connectivity index (χ4n) is 3.72. The summed E-state index contributed by atoms with van der Waals surface area (Å²) >= 11 is 0. The van der Waals surface area contributed by atoms with Gasteiger partial charge in [-0.25, -0.2) is 0 Å². The highest BCUT2D eigenvalue weighted by molar-refractivity contribution is 4.53. The molecule has 1 aliphatic rings. The summed E-state index contributed by atoms with van der Waals surface area (Å²) in [7, 11) is 0. The number of hydrogen-bond acceptors (Lipinski definition) is 1. The molecule has 0 atom stereocenters. The van der Waals surface area contributed by atoms with Crippen molar-refractivity contribution in [1.82, 2.24) is 0 Å². The maximum absolute atomic E-state index is 5.59. The van der Waals surface area contributed by atoms with E-state index in [9.17, 15) is 0 Å². The largest absolute Gasteiger partial charge is 0.370 e. The average Bonchev–Trinajstić information content (AvgIpc) is 2.56. The number of rotatable bonds is 14. The summed E-state index contributed by atoms with van der Waals surface area (Å²) in [5.41, 5.74) is 0. The molecule has 1 rings (SSSR count). The first-order valence-electron chi connectivity index (χ1n) is 10.3. The Hall–Kier alpha value is -0.0800. The van der Waals surface area contributed by atoms with Gasteiger partial charge >= 0.3 is 0 Å². The number of nitrogens with zero attached hydrogens (tertiary/aromatic N) is 1. The molecule has 0 aromatic heterocycles. The highest BCUT2D eigenvalue weighted by Crippen LogP contribution is 2.17. The van der Waals surface area contributed by atoms with Gasteiger partial charge in [-0.2, -0.15) is 0 Å². The van der Waals surface area contributed by atoms with E-state index < -0.39 is 0 Å². The van der Waals surface area contributed by atoms with Crippen LogP contribution in [0.4, 0.5) is 0 Å². The summed E-state index contributed by atoms with van der Waals surface area (Å²) in [4.78, 5) is 0. The molecule has 0 bridgehead atoms. The molecule has 0 spiro atoms. The molecule has 1 heterocycles. The summed E-state index contributed by atoms with van der Waals surface area (Å²) in [6.07, 6.45) is 17.2. The lowest BCUT2D eigenvalue weighted by atomic mass is 10.1. The molecule has 2 nitrogen and oxygen atoms in total. The maximum atomic E-state index is 5.59. The number of morpholine rings is 1. The van der Waals surface area contributed by atoms with E-state index in [1.807, 2.05) is 0 Å². The lowest BCUT2D eigenvalue weighted by Crippen LogP contribution is -2.56. The second-order valence-electron chi connectivity index (χ2n) is 7.38. The zero-order valence-electron chi connectivity index (χ0n) is 15.6. The number of ether oxygens (including phenoxy) is 1. The summed E-state index contributed by atoms with van der Waals surface area (Å²) in [6, 6.07) is 0. The van der Waals surface area contributed by atoms with E-state index in [1.165, 1.54) is 108 Å². The number of quaternary nitrogens is 1. The standard InChI is InChI=1S/C20H42NO/c1-3-5-7-8-9-10-11-12-13-14-16-21(15-6-4-2)17-19-22-20-18-21/h3-20H2,1-2H3/q+1. The molecule has 0 aromatic carbocycles. The fraction of sp³-hybridized carbons (Fsp3) is 1.00. The molecule has 1 fully saturated rings. The van der Waals surface area contributed by atoms with Gasteiger partial charge in [-0.05, 0) is 19.3 Å². The molecule has 0 saturated carbocycles. The molecule has 22 heavy (non-hydrogen) atoms. The highest BCUT2D eigenvalue weighted by Gasteiger charge is 2.28. The third-order valence-electron chi connectivity index (χ3n) is 5.39. The fourth-order valence-corrected chi connectivity index (χ4v) is 3.72. The summed E-state index contributed by atoms with van der Waals surface area (Å²) < 4.78 is 6.94. The van der Waals surface area contributed by atoms with Gasteiger partial charge in [-0.3, -0.25) is 0 Å². The van der Waals surface area contributed by atoms with Crippen LogP contribution in [0.3, 0.4) is 0 Å². The Bertz CT molecular complexity index is 236. The lowest BCUT2D eigenvalue weighted by molar-refractivity contribution is -0.935. The van der Waals surface area contributed by atoms with Crippen LogP contribution < -0.4 is 0 Å². The third kappa shape index (κ3) is 9.15. The van der Waals surface area contributed by atoms with Crippen molar-refractivity contribution in [2.45, 2.75) is 90.9 Å². The first kappa shape index (κ1) is 20.0. The molecule has 0 N–H and O–H groups in total. The predicted molar refractivity (Wildman–Crippen MR) is 97.3 cm³/mol. The second kappa shape index (κ2) is 13.4. The van der Waals surface area contributed by atoms with Crippen molar-refractivity contribution in [3.8, 4) is 0 Å². The van der Waals surface area contributed by atoms with Crippen molar-refractivity contribution < 1.29 is 9.22 Å². The average molecular weight is 313 g/mol. The quantitative estimate of drug-likeness (QED) is 0.301. The smallest absolute Gasteiger partial charge is 0.102 e. The van der Waals surface area contributed by atoms with Gasteiger partial charge in [0, 0.05) is 0 Å². The zero-order valence-corrected chi connectivity index (χ0v) is 15.6. The van der Waals surface area contributed by atoms with E-state index in [0.29, 0.717) is 0 Å². The molecule has 0 radical (unpaired) electrons. The Labute approximate surface area is 140 Å². The summed E-state index contributed by atoms with van der Waals surface area (Å²) in [5, 5.41) is 0. The minimum Gasteiger partial charge on any atom is -0.370 e. The van der Waals surface area contributed by atoms with Crippen LogP contribution in [0, 0.1) is 0 Å². The molecule has 0 unspecified atom stereocenters. The molecule has 1 aliphatic heterocycles. The Morgan fingerprint density at radius 3 is 1.59 bits per heavy atom. The molecule has 0 aliphatic carbocycles. The van der Waals surface area contributed by atoms with Crippen molar-refractivity contribution in [3.63, 3.8) is 0 Å². The molecular formula is C20H42NO+. The second-order valence-corrected chi connectivity index (χ2v) is 7.38. The first-order valence-corrected chi connectivity index (χ1v) is 10.3. The van der Waals surface area contributed by atoms with Gasteiger partial charge in [-0.1, -0.05) is 71.6 Å². The van der Waals surface area contributed by atoms with Gasteiger partial charge < -0.3 is 9.22 Å². The Morgan fingerprint density at radius 1 is 0.591 bits per heavy atom. The van der Waals surface area contributed by atoms with Crippen molar-refractivity contribution in [1.29, 1.82) is 0 Å². The highest BCUT2D eigenvalue weighted by atomic mass is 16.5. The SMILES string of the molecule is CCCCCCCCCCCC[N+]1(CCCC)CCOCC1. The molecular weight excluding hydrogens is 270 g/mol. The van der Waals surface area contributed by atoms with Crippen LogP contribution in [0.25, 0.3) is 0 Å². The Kier molecular flexibility index (Phi) is 12.1. The monoisotopic (exact) mass is 312 g/mol. The number of hydrogen-bond donors (Lipinski definition) is 0. The van der Waals surface area contributed by atoms with Crippen LogP contribution in [-0.2, 0) is 4.74 Å². The molecule has 132 valence electrons. The topological polar surface area (TPSA) is 9.23 Å². The first-order chi connectivity index (χ1) is 10.8. The number of unbranched alkanes of at least 4 members (excludes halogenated alkanes) is 10. The van der Waals surface area contributed by atoms with Gasteiger partial charge in [0.15, 0.2) is 0 Å². The molecule has 2 heteroatoms. The van der Waals surface area contributed by atoms with Crippen molar-refractivity contribution in [2.75, 3.05) is 39.4 Å². The summed E-state index contributed by atoms with van der Waals surface area (Å²) in [5.74, 6) is 0. The van der Waals surface area contributed by atoms with Crippen molar-refractivity contribution in [2.24, 2.45) is 0 Å². The van der Waals surface area contributed by atoms with Crippen molar-refractivity contribution in [3.05, 3.63) is 0 Å². The van der Waals surface area contributed by atoms with Crippen LogP contribution in [-0.4, -0.2) is 43.9 Å². The normalized spacial score (nSPS) is 17.7. The van der Waals surface area contributed by atoms with Crippen LogP contribution in [0.5, 0.6) is 0 Å². The van der Waals surface area contributed by atoms with E-state index >= 15 is 0 Å².